The molecular formula is C26H43N5O5S. The number of benzene rings is 1. The number of sulfonamides is 1. The van der Waals surface area contributed by atoms with Crippen molar-refractivity contribution in [3.63, 3.8) is 0 Å². The topological polar surface area (TPSA) is 155 Å². The van der Waals surface area contributed by atoms with Crippen LogP contribution in [0.3, 0.4) is 0 Å². The maximum Gasteiger partial charge on any atom is 0.309 e. The van der Waals surface area contributed by atoms with Crippen LogP contribution in [0.2, 0.25) is 0 Å². The van der Waals surface area contributed by atoms with E-state index in [0.29, 0.717) is 51.1 Å². The van der Waals surface area contributed by atoms with Crippen molar-refractivity contribution in [2.75, 3.05) is 26.2 Å². The SMILES string of the molecule is CCOC(=O)C1CCN(C(=O)[C@H](CCCNC(=N)N)NS(=O)(=O)c2ccc(C(C)C)cc2C(C)C)CC1. The van der Waals surface area contributed by atoms with E-state index in [4.69, 9.17) is 15.9 Å². The van der Waals surface area contributed by atoms with Gasteiger partial charge in [-0.25, -0.2) is 8.42 Å². The summed E-state index contributed by atoms with van der Waals surface area (Å²) in [5, 5.41) is 10.0. The molecule has 0 radical (unpaired) electrons. The number of carbonyl (C=O) groups is 2. The molecule has 1 aliphatic heterocycles. The zero-order valence-electron chi connectivity index (χ0n) is 22.7. The van der Waals surface area contributed by atoms with Gasteiger partial charge in [0.05, 0.1) is 17.4 Å². The second-order valence-corrected chi connectivity index (χ2v) is 11.8. The van der Waals surface area contributed by atoms with Gasteiger partial charge in [0.25, 0.3) is 0 Å². The number of piperidine rings is 1. The van der Waals surface area contributed by atoms with Crippen molar-refractivity contribution >= 4 is 27.9 Å². The molecule has 2 rings (SSSR count). The third-order valence-electron chi connectivity index (χ3n) is 6.62. The molecule has 37 heavy (non-hydrogen) atoms. The van der Waals surface area contributed by atoms with E-state index in [1.165, 1.54) is 0 Å². The highest BCUT2D eigenvalue weighted by Crippen LogP contribution is 2.28. The number of hydrogen-bond acceptors (Lipinski definition) is 6. The second-order valence-electron chi connectivity index (χ2n) is 10.1. The highest BCUT2D eigenvalue weighted by molar-refractivity contribution is 7.89. The van der Waals surface area contributed by atoms with Gasteiger partial charge < -0.3 is 20.7 Å². The Morgan fingerprint density at radius 1 is 1.16 bits per heavy atom. The molecule has 11 heteroatoms. The van der Waals surface area contributed by atoms with Gasteiger partial charge in [-0.1, -0.05) is 39.8 Å². The summed E-state index contributed by atoms with van der Waals surface area (Å²) in [7, 11) is -4.01. The van der Waals surface area contributed by atoms with Crippen LogP contribution in [0.5, 0.6) is 0 Å². The molecule has 1 saturated heterocycles. The zero-order valence-corrected chi connectivity index (χ0v) is 23.5. The third kappa shape index (κ3) is 8.70. The second kappa shape index (κ2) is 13.8. The summed E-state index contributed by atoms with van der Waals surface area (Å²) in [5.74, 6) is -0.793. The van der Waals surface area contributed by atoms with Crippen LogP contribution < -0.4 is 15.8 Å². The number of hydrogen-bond donors (Lipinski definition) is 4. The van der Waals surface area contributed by atoms with Gasteiger partial charge in [0, 0.05) is 19.6 Å². The van der Waals surface area contributed by atoms with Gasteiger partial charge in [0.1, 0.15) is 6.04 Å². The smallest absolute Gasteiger partial charge is 0.309 e. The Bertz CT molecular complexity index is 1050. The van der Waals surface area contributed by atoms with Gasteiger partial charge in [-0.05, 0) is 61.6 Å². The average Bonchev–Trinajstić information content (AvgIpc) is 2.85. The average molecular weight is 538 g/mol. The minimum atomic E-state index is -4.01. The van der Waals surface area contributed by atoms with Crippen molar-refractivity contribution in [1.82, 2.24) is 14.9 Å². The summed E-state index contributed by atoms with van der Waals surface area (Å²) in [6, 6.07) is 4.38. The molecular weight excluding hydrogens is 494 g/mol. The maximum absolute atomic E-state index is 13.6. The van der Waals surface area contributed by atoms with Crippen molar-refractivity contribution in [1.29, 1.82) is 5.41 Å². The van der Waals surface area contributed by atoms with Crippen LogP contribution in [0.15, 0.2) is 23.1 Å². The minimum absolute atomic E-state index is 0.0268. The van der Waals surface area contributed by atoms with Gasteiger partial charge >= 0.3 is 5.97 Å². The molecule has 10 nitrogen and oxygen atoms in total. The standard InChI is InChI=1S/C26H43N5O5S/c1-6-36-25(33)19-11-14-31(15-12-19)24(32)22(8-7-13-29-26(27)28)30-37(34,35)23-10-9-20(17(2)3)16-21(23)18(4)5/h9-10,16-19,22,30H,6-8,11-15H2,1-5H3,(H4,27,28,29)/t22-/m0/s1. The van der Waals surface area contributed by atoms with Crippen molar-refractivity contribution in [3.8, 4) is 0 Å². The molecule has 0 saturated carbocycles. The Morgan fingerprint density at radius 2 is 1.81 bits per heavy atom. The Balaban J connectivity index is 2.25. The van der Waals surface area contributed by atoms with E-state index in [1.807, 2.05) is 26.0 Å². The van der Waals surface area contributed by atoms with Crippen LogP contribution >= 0.6 is 0 Å². The Labute approximate surface area is 221 Å². The van der Waals surface area contributed by atoms with E-state index in [1.54, 1.807) is 17.9 Å². The van der Waals surface area contributed by atoms with E-state index >= 15 is 0 Å². The Kier molecular flexibility index (Phi) is 11.4. The molecule has 1 atom stereocenters. The summed E-state index contributed by atoms with van der Waals surface area (Å²) >= 11 is 0. The van der Waals surface area contributed by atoms with Crippen LogP contribution in [-0.2, 0) is 24.3 Å². The number of rotatable bonds is 12. The number of nitrogens with zero attached hydrogens (tertiary/aromatic N) is 1. The fourth-order valence-corrected chi connectivity index (χ4v) is 6.02. The van der Waals surface area contributed by atoms with Crippen molar-refractivity contribution in [2.24, 2.45) is 11.7 Å². The van der Waals surface area contributed by atoms with Crippen LogP contribution in [0.25, 0.3) is 0 Å². The quantitative estimate of drug-likeness (QED) is 0.138. The molecule has 0 spiro atoms. The molecule has 1 amide bonds. The number of guanidine groups is 1. The monoisotopic (exact) mass is 537 g/mol. The summed E-state index contributed by atoms with van der Waals surface area (Å²) in [4.78, 5) is 27.4. The third-order valence-corrected chi connectivity index (χ3v) is 8.16. The Morgan fingerprint density at radius 3 is 2.35 bits per heavy atom. The lowest BCUT2D eigenvalue weighted by atomic mass is 9.96. The van der Waals surface area contributed by atoms with Crippen LogP contribution in [0, 0.1) is 11.3 Å². The van der Waals surface area contributed by atoms with Crippen LogP contribution in [0.1, 0.15) is 83.3 Å². The van der Waals surface area contributed by atoms with Crippen molar-refractivity contribution in [3.05, 3.63) is 29.3 Å². The molecule has 1 aromatic rings. The lowest BCUT2D eigenvalue weighted by Gasteiger charge is -2.33. The van der Waals surface area contributed by atoms with E-state index in [2.05, 4.69) is 23.9 Å². The molecule has 5 N–H and O–H groups in total. The van der Waals surface area contributed by atoms with Crippen LogP contribution in [0.4, 0.5) is 0 Å². The molecule has 1 fully saturated rings. The molecule has 208 valence electrons. The summed E-state index contributed by atoms with van der Waals surface area (Å²) < 4.78 is 34.9. The molecule has 0 bridgehead atoms. The van der Waals surface area contributed by atoms with Gasteiger partial charge in [0.2, 0.25) is 15.9 Å². The number of esters is 1. The first-order valence-electron chi connectivity index (χ1n) is 13.1. The largest absolute Gasteiger partial charge is 0.466 e. The van der Waals surface area contributed by atoms with Crippen LogP contribution in [-0.4, -0.2) is 63.4 Å². The lowest BCUT2D eigenvalue weighted by molar-refractivity contribution is -0.151. The lowest BCUT2D eigenvalue weighted by Crippen LogP contribution is -2.51. The minimum Gasteiger partial charge on any atom is -0.466 e. The van der Waals surface area contributed by atoms with Crippen molar-refractivity contribution in [2.45, 2.75) is 83.1 Å². The summed E-state index contributed by atoms with van der Waals surface area (Å²) in [6.45, 7) is 11.1. The Hall–Kier alpha value is -2.66. The predicted octanol–water partition coefficient (Wildman–Crippen LogP) is 2.65. The predicted molar refractivity (Wildman–Crippen MR) is 144 cm³/mol. The van der Waals surface area contributed by atoms with E-state index in [0.717, 1.165) is 5.56 Å². The molecule has 1 aromatic carbocycles. The normalized spacial score (nSPS) is 15.6. The number of ether oxygens (including phenoxy) is 1. The number of nitrogens with two attached hydrogens (primary N) is 1. The first kappa shape index (κ1) is 30.6. The van der Waals surface area contributed by atoms with Crippen molar-refractivity contribution < 1.29 is 22.7 Å². The van der Waals surface area contributed by atoms with Gasteiger partial charge in [-0.15, -0.1) is 0 Å². The molecule has 1 aliphatic rings. The molecule has 0 unspecified atom stereocenters. The van der Waals surface area contributed by atoms with E-state index < -0.39 is 16.1 Å². The zero-order chi connectivity index (χ0) is 27.8. The number of amides is 1. The summed E-state index contributed by atoms with van der Waals surface area (Å²) in [6.07, 6.45) is 1.62. The van der Waals surface area contributed by atoms with Gasteiger partial charge in [-0.3, -0.25) is 15.0 Å². The fraction of sp³-hybridized carbons (Fsp3) is 0.654. The first-order chi connectivity index (χ1) is 17.4. The summed E-state index contributed by atoms with van der Waals surface area (Å²) in [5.41, 5.74) is 7.11. The highest BCUT2D eigenvalue weighted by atomic mass is 32.2. The number of likely N-dealkylation sites (tertiary alicyclic amines) is 1. The van der Waals surface area contributed by atoms with E-state index in [-0.39, 0.29) is 46.9 Å². The highest BCUT2D eigenvalue weighted by Gasteiger charge is 2.34. The molecule has 1 heterocycles. The first-order valence-corrected chi connectivity index (χ1v) is 14.5. The number of carbonyl (C=O) groups excluding carboxylic acids is 2. The van der Waals surface area contributed by atoms with Gasteiger partial charge in [0.15, 0.2) is 5.96 Å². The number of nitrogens with one attached hydrogen (secondary N) is 3. The fourth-order valence-electron chi connectivity index (χ4n) is 4.45. The van der Waals surface area contributed by atoms with E-state index in [9.17, 15) is 18.0 Å². The maximum atomic E-state index is 13.6. The molecule has 0 aromatic heterocycles. The molecule has 0 aliphatic carbocycles. The van der Waals surface area contributed by atoms with Gasteiger partial charge in [-0.2, -0.15) is 4.72 Å².